The summed E-state index contributed by atoms with van der Waals surface area (Å²) in [4.78, 5) is 11.3. The van der Waals surface area contributed by atoms with Crippen molar-refractivity contribution in [2.45, 2.75) is 31.4 Å². The van der Waals surface area contributed by atoms with E-state index < -0.39 is 22.0 Å². The maximum Gasteiger partial charge on any atom is 0.322 e. The highest BCUT2D eigenvalue weighted by molar-refractivity contribution is 7.89. The third-order valence-electron chi connectivity index (χ3n) is 5.11. The van der Waals surface area contributed by atoms with Gasteiger partial charge in [0.2, 0.25) is 10.0 Å². The molecule has 0 bridgehead atoms. The van der Waals surface area contributed by atoms with E-state index in [0.29, 0.717) is 12.4 Å². The number of nitrogens with one attached hydrogen (secondary N) is 1. The van der Waals surface area contributed by atoms with Gasteiger partial charge < -0.3 is 14.6 Å². The Morgan fingerprint density at radius 3 is 2.06 bits per heavy atom. The van der Waals surface area contributed by atoms with E-state index in [1.54, 1.807) is 33.1 Å². The molecule has 3 aromatic carbocycles. The van der Waals surface area contributed by atoms with E-state index in [1.807, 2.05) is 48.5 Å². The Hall–Kier alpha value is -3.36. The molecule has 0 saturated carbocycles. The zero-order valence-electron chi connectivity index (χ0n) is 18.7. The highest BCUT2D eigenvalue weighted by Gasteiger charge is 2.27. The maximum atomic E-state index is 12.6. The maximum absolute atomic E-state index is 12.6. The van der Waals surface area contributed by atoms with Gasteiger partial charge in [0, 0.05) is 6.07 Å². The highest BCUT2D eigenvalue weighted by Crippen LogP contribution is 2.24. The molecule has 0 spiro atoms. The fraction of sp³-hybridized carbons (Fsp3) is 0.240. The van der Waals surface area contributed by atoms with E-state index in [-0.39, 0.29) is 10.8 Å². The summed E-state index contributed by atoms with van der Waals surface area (Å²) in [7, 11) is -2.34. The van der Waals surface area contributed by atoms with Gasteiger partial charge in [-0.25, -0.2) is 8.42 Å². The molecule has 2 N–H and O–H groups in total. The number of sulfonamides is 1. The molecule has 0 aromatic heterocycles. The summed E-state index contributed by atoms with van der Waals surface area (Å²) < 4.78 is 38.4. The molecule has 174 valence electrons. The van der Waals surface area contributed by atoms with Gasteiger partial charge in [0.25, 0.3) is 0 Å². The summed E-state index contributed by atoms with van der Waals surface area (Å²) in [5.74, 6) is -0.152. The molecular formula is C25H27NO6S. The molecule has 7 nitrogen and oxygen atoms in total. The Morgan fingerprint density at radius 1 is 0.939 bits per heavy atom. The third-order valence-corrected chi connectivity index (χ3v) is 6.57. The number of rotatable bonds is 10. The number of methoxy groups -OCH3 is 1. The molecule has 0 unspecified atom stereocenters. The summed E-state index contributed by atoms with van der Waals surface area (Å²) in [5, 5.41) is 9.25. The van der Waals surface area contributed by atoms with Crippen LogP contribution < -0.4 is 14.2 Å². The minimum Gasteiger partial charge on any atom is -0.497 e. The number of benzene rings is 3. The summed E-state index contributed by atoms with van der Waals surface area (Å²) in [6, 6.07) is 20.3. The van der Waals surface area contributed by atoms with Crippen LogP contribution in [-0.2, 0) is 21.4 Å². The van der Waals surface area contributed by atoms with Crippen molar-refractivity contribution in [3.8, 4) is 22.6 Å². The number of carbonyl (C=O) groups is 1. The van der Waals surface area contributed by atoms with E-state index in [0.717, 1.165) is 22.4 Å². The van der Waals surface area contributed by atoms with Gasteiger partial charge in [-0.15, -0.1) is 0 Å². The van der Waals surface area contributed by atoms with Crippen molar-refractivity contribution >= 4 is 16.0 Å². The first-order valence-electron chi connectivity index (χ1n) is 10.4. The lowest BCUT2D eigenvalue weighted by Crippen LogP contribution is -2.44. The zero-order valence-corrected chi connectivity index (χ0v) is 19.5. The highest BCUT2D eigenvalue weighted by atomic mass is 32.2. The predicted molar refractivity (Wildman–Crippen MR) is 126 cm³/mol. The van der Waals surface area contributed by atoms with Gasteiger partial charge in [0.1, 0.15) is 24.1 Å². The van der Waals surface area contributed by atoms with Gasteiger partial charge >= 0.3 is 5.97 Å². The molecule has 33 heavy (non-hydrogen) atoms. The molecule has 3 rings (SSSR count). The van der Waals surface area contributed by atoms with E-state index in [1.165, 1.54) is 12.1 Å². The van der Waals surface area contributed by atoms with Crippen LogP contribution >= 0.6 is 0 Å². The molecule has 0 heterocycles. The lowest BCUT2D eigenvalue weighted by Gasteiger charge is -2.18. The van der Waals surface area contributed by atoms with Gasteiger partial charge in [0.15, 0.2) is 0 Å². The fourth-order valence-electron chi connectivity index (χ4n) is 3.18. The average molecular weight is 470 g/mol. The van der Waals surface area contributed by atoms with Gasteiger partial charge in [-0.1, -0.05) is 56.3 Å². The molecule has 0 aliphatic carbocycles. The molecule has 0 radical (unpaired) electrons. The SMILES string of the molecule is COc1cccc(OCc2ccc(-c3ccc(S(=O)(=O)N[C@@H](C(=O)O)C(C)C)cc3)cc2)c1. The standard InChI is InChI=1S/C25H27NO6S/c1-17(2)24(25(27)28)26-33(29,30)23-13-11-20(12-14-23)19-9-7-18(8-10-19)16-32-22-6-4-5-21(15-22)31-3/h4-15,17,24,26H,16H2,1-3H3,(H,27,28)/t24-/m1/s1. The summed E-state index contributed by atoms with van der Waals surface area (Å²) in [6.45, 7) is 3.70. The van der Waals surface area contributed by atoms with Crippen LogP contribution in [0.15, 0.2) is 77.7 Å². The molecular weight excluding hydrogens is 442 g/mol. The zero-order chi connectivity index (χ0) is 24.0. The molecule has 0 aliphatic rings. The molecule has 0 fully saturated rings. The second-order valence-corrected chi connectivity index (χ2v) is 9.58. The van der Waals surface area contributed by atoms with Crippen molar-refractivity contribution in [3.63, 3.8) is 0 Å². The second kappa shape index (κ2) is 10.5. The van der Waals surface area contributed by atoms with Gasteiger partial charge in [-0.05, 0) is 46.9 Å². The van der Waals surface area contributed by atoms with Crippen molar-refractivity contribution in [1.29, 1.82) is 0 Å². The van der Waals surface area contributed by atoms with Crippen LogP contribution in [0, 0.1) is 5.92 Å². The van der Waals surface area contributed by atoms with Crippen LogP contribution in [0.1, 0.15) is 19.4 Å². The van der Waals surface area contributed by atoms with E-state index in [2.05, 4.69) is 4.72 Å². The molecule has 0 aliphatic heterocycles. The normalized spacial score (nSPS) is 12.4. The molecule has 1 atom stereocenters. The first-order chi connectivity index (χ1) is 15.7. The summed E-state index contributed by atoms with van der Waals surface area (Å²) in [5.41, 5.74) is 2.74. The van der Waals surface area contributed by atoms with E-state index in [4.69, 9.17) is 9.47 Å². The summed E-state index contributed by atoms with van der Waals surface area (Å²) in [6.07, 6.45) is 0. The minimum absolute atomic E-state index is 0.0152. The Bertz CT molecular complexity index is 1190. The van der Waals surface area contributed by atoms with Gasteiger partial charge in [-0.2, -0.15) is 4.72 Å². The van der Waals surface area contributed by atoms with Crippen molar-refractivity contribution in [2.75, 3.05) is 7.11 Å². The molecule has 0 saturated heterocycles. The number of ether oxygens (including phenoxy) is 2. The monoisotopic (exact) mass is 469 g/mol. The van der Waals surface area contributed by atoms with Crippen molar-refractivity contribution in [3.05, 3.63) is 78.4 Å². The molecule has 8 heteroatoms. The third kappa shape index (κ3) is 6.34. The Balaban J connectivity index is 1.67. The number of aliphatic carboxylic acids is 1. The van der Waals surface area contributed by atoms with Crippen LogP contribution in [-0.4, -0.2) is 32.6 Å². The lowest BCUT2D eigenvalue weighted by atomic mass is 10.0. The Kier molecular flexibility index (Phi) is 7.73. The van der Waals surface area contributed by atoms with Crippen LogP contribution in [0.5, 0.6) is 11.5 Å². The van der Waals surface area contributed by atoms with Crippen LogP contribution in [0.3, 0.4) is 0 Å². The van der Waals surface area contributed by atoms with Crippen LogP contribution in [0.4, 0.5) is 0 Å². The van der Waals surface area contributed by atoms with E-state index in [9.17, 15) is 18.3 Å². The average Bonchev–Trinajstić information content (AvgIpc) is 2.81. The smallest absolute Gasteiger partial charge is 0.322 e. The lowest BCUT2D eigenvalue weighted by molar-refractivity contribution is -0.140. The van der Waals surface area contributed by atoms with E-state index >= 15 is 0 Å². The van der Waals surface area contributed by atoms with Gasteiger partial charge in [-0.3, -0.25) is 4.79 Å². The fourth-order valence-corrected chi connectivity index (χ4v) is 4.52. The van der Waals surface area contributed by atoms with Crippen molar-refractivity contribution in [1.82, 2.24) is 4.72 Å². The van der Waals surface area contributed by atoms with Crippen molar-refractivity contribution < 1.29 is 27.8 Å². The quantitative estimate of drug-likeness (QED) is 0.458. The second-order valence-electron chi connectivity index (χ2n) is 7.87. The van der Waals surface area contributed by atoms with Crippen LogP contribution in [0.25, 0.3) is 11.1 Å². The first kappa shape index (κ1) is 24.3. The Labute approximate surface area is 194 Å². The first-order valence-corrected chi connectivity index (χ1v) is 11.9. The van der Waals surface area contributed by atoms with Crippen molar-refractivity contribution in [2.24, 2.45) is 5.92 Å². The number of carboxylic acids is 1. The molecule has 0 amide bonds. The predicted octanol–water partition coefficient (Wildman–Crippen LogP) is 4.33. The van der Waals surface area contributed by atoms with Gasteiger partial charge in [0.05, 0.1) is 12.0 Å². The topological polar surface area (TPSA) is 102 Å². The molecule has 3 aromatic rings. The minimum atomic E-state index is -3.95. The largest absolute Gasteiger partial charge is 0.497 e. The summed E-state index contributed by atoms with van der Waals surface area (Å²) >= 11 is 0. The number of carboxylic acid groups (broad SMARTS) is 1. The van der Waals surface area contributed by atoms with Crippen LogP contribution in [0.2, 0.25) is 0 Å². The Morgan fingerprint density at radius 2 is 1.52 bits per heavy atom. The number of hydrogen-bond donors (Lipinski definition) is 2. The number of hydrogen-bond acceptors (Lipinski definition) is 5.